The van der Waals surface area contributed by atoms with E-state index in [0.717, 1.165) is 0 Å². The van der Waals surface area contributed by atoms with E-state index in [1.807, 2.05) is 0 Å². The molecule has 1 saturated heterocycles. The van der Waals surface area contributed by atoms with Gasteiger partial charge in [-0.25, -0.2) is 13.2 Å². The number of hydrogen-bond donors (Lipinski definition) is 2. The molecule has 1 aliphatic carbocycles. The SMILES string of the molecule is CC1CS(=O)(=O)CCN1C(=O)NC1C=CC(C(=O)O)C1. The van der Waals surface area contributed by atoms with E-state index in [0.29, 0.717) is 6.42 Å². The van der Waals surface area contributed by atoms with Gasteiger partial charge in [-0.2, -0.15) is 0 Å². The summed E-state index contributed by atoms with van der Waals surface area (Å²) in [6, 6.07) is -1.02. The van der Waals surface area contributed by atoms with Gasteiger partial charge in [0.15, 0.2) is 9.84 Å². The molecule has 1 fully saturated rings. The second-order valence-electron chi connectivity index (χ2n) is 5.28. The first-order valence-electron chi connectivity index (χ1n) is 6.47. The molecule has 0 aromatic heterocycles. The number of nitrogens with one attached hydrogen (secondary N) is 1. The number of urea groups is 1. The molecular weight excluding hydrogens is 284 g/mol. The van der Waals surface area contributed by atoms with Gasteiger partial charge in [0.2, 0.25) is 0 Å². The van der Waals surface area contributed by atoms with Gasteiger partial charge in [-0.3, -0.25) is 4.79 Å². The number of sulfone groups is 1. The molecule has 0 aromatic carbocycles. The summed E-state index contributed by atoms with van der Waals surface area (Å²) in [6.07, 6.45) is 3.57. The Bertz CT molecular complexity index is 542. The van der Waals surface area contributed by atoms with Crippen LogP contribution in [0.3, 0.4) is 0 Å². The summed E-state index contributed by atoms with van der Waals surface area (Å²) in [5, 5.41) is 11.6. The van der Waals surface area contributed by atoms with Crippen molar-refractivity contribution in [3.63, 3.8) is 0 Å². The number of carbonyl (C=O) groups is 2. The van der Waals surface area contributed by atoms with Crippen molar-refractivity contribution in [1.29, 1.82) is 0 Å². The van der Waals surface area contributed by atoms with Gasteiger partial charge in [0.25, 0.3) is 0 Å². The van der Waals surface area contributed by atoms with Crippen LogP contribution < -0.4 is 5.32 Å². The fraction of sp³-hybridized carbons (Fsp3) is 0.667. The molecule has 1 heterocycles. The maximum absolute atomic E-state index is 12.1. The lowest BCUT2D eigenvalue weighted by atomic mass is 10.1. The molecule has 3 atom stereocenters. The number of amides is 2. The highest BCUT2D eigenvalue weighted by Gasteiger charge is 2.33. The number of rotatable bonds is 2. The Morgan fingerprint density at radius 3 is 2.60 bits per heavy atom. The van der Waals surface area contributed by atoms with Crippen LogP contribution >= 0.6 is 0 Å². The van der Waals surface area contributed by atoms with E-state index in [2.05, 4.69) is 5.32 Å². The van der Waals surface area contributed by atoms with Crippen molar-refractivity contribution >= 4 is 21.8 Å². The third-order valence-corrected chi connectivity index (χ3v) is 5.44. The Morgan fingerprint density at radius 1 is 1.35 bits per heavy atom. The highest BCUT2D eigenvalue weighted by Crippen LogP contribution is 2.19. The minimum atomic E-state index is -3.06. The Labute approximate surface area is 117 Å². The van der Waals surface area contributed by atoms with Crippen LogP contribution in [0.5, 0.6) is 0 Å². The molecule has 3 unspecified atom stereocenters. The molecule has 0 radical (unpaired) electrons. The van der Waals surface area contributed by atoms with Gasteiger partial charge >= 0.3 is 12.0 Å². The van der Waals surface area contributed by atoms with Crippen LogP contribution in [0.25, 0.3) is 0 Å². The van der Waals surface area contributed by atoms with Gasteiger partial charge in [-0.05, 0) is 13.3 Å². The van der Waals surface area contributed by atoms with Gasteiger partial charge in [-0.15, -0.1) is 0 Å². The molecule has 0 saturated carbocycles. The van der Waals surface area contributed by atoms with Crippen molar-refractivity contribution in [3.05, 3.63) is 12.2 Å². The molecule has 112 valence electrons. The molecule has 0 aromatic rings. The zero-order chi connectivity index (χ0) is 14.9. The van der Waals surface area contributed by atoms with E-state index in [1.54, 1.807) is 19.1 Å². The summed E-state index contributed by atoms with van der Waals surface area (Å²) in [6.45, 7) is 1.87. The predicted octanol–water partition coefficient (Wildman–Crippen LogP) is -0.156. The monoisotopic (exact) mass is 302 g/mol. The van der Waals surface area contributed by atoms with Crippen molar-refractivity contribution in [2.45, 2.75) is 25.4 Å². The fourth-order valence-corrected chi connectivity index (χ4v) is 4.09. The Balaban J connectivity index is 1.90. The van der Waals surface area contributed by atoms with Crippen LogP contribution in [0.1, 0.15) is 13.3 Å². The van der Waals surface area contributed by atoms with Gasteiger partial charge in [0.1, 0.15) is 0 Å². The van der Waals surface area contributed by atoms with Gasteiger partial charge in [0.05, 0.1) is 23.5 Å². The number of aliphatic carboxylic acids is 1. The number of nitrogens with zero attached hydrogens (tertiary/aromatic N) is 1. The minimum Gasteiger partial charge on any atom is -0.481 e. The zero-order valence-corrected chi connectivity index (χ0v) is 12.0. The number of hydrogen-bond acceptors (Lipinski definition) is 4. The van der Waals surface area contributed by atoms with Gasteiger partial charge in [0, 0.05) is 12.6 Å². The first-order chi connectivity index (χ1) is 9.28. The second kappa shape index (κ2) is 5.43. The van der Waals surface area contributed by atoms with Crippen LogP contribution in [0.2, 0.25) is 0 Å². The van der Waals surface area contributed by atoms with Crippen molar-refractivity contribution in [2.75, 3.05) is 18.1 Å². The summed E-state index contributed by atoms with van der Waals surface area (Å²) in [5.74, 6) is -1.53. The molecule has 0 bridgehead atoms. The Kier molecular flexibility index (Phi) is 4.03. The third kappa shape index (κ3) is 3.30. The summed E-state index contributed by atoms with van der Waals surface area (Å²) in [4.78, 5) is 24.4. The zero-order valence-electron chi connectivity index (χ0n) is 11.2. The lowest BCUT2D eigenvalue weighted by Gasteiger charge is -2.33. The fourth-order valence-electron chi connectivity index (χ4n) is 2.53. The number of carbonyl (C=O) groups excluding carboxylic acids is 1. The summed E-state index contributed by atoms with van der Waals surface area (Å²) in [5.41, 5.74) is 0. The average molecular weight is 302 g/mol. The van der Waals surface area contributed by atoms with E-state index < -0.39 is 21.7 Å². The maximum atomic E-state index is 12.1. The van der Waals surface area contributed by atoms with E-state index in [9.17, 15) is 18.0 Å². The summed E-state index contributed by atoms with van der Waals surface area (Å²) < 4.78 is 22.9. The van der Waals surface area contributed by atoms with E-state index in [4.69, 9.17) is 5.11 Å². The predicted molar refractivity (Wildman–Crippen MR) is 72.0 cm³/mol. The molecule has 8 heteroatoms. The lowest BCUT2D eigenvalue weighted by Crippen LogP contribution is -2.54. The quantitative estimate of drug-likeness (QED) is 0.690. The first kappa shape index (κ1) is 14.8. The highest BCUT2D eigenvalue weighted by molar-refractivity contribution is 7.91. The molecule has 2 aliphatic rings. The number of carboxylic acids is 1. The van der Waals surface area contributed by atoms with Crippen LogP contribution in [0, 0.1) is 5.92 Å². The number of carboxylic acid groups (broad SMARTS) is 1. The molecule has 2 N–H and O–H groups in total. The van der Waals surface area contributed by atoms with Crippen molar-refractivity contribution in [2.24, 2.45) is 5.92 Å². The average Bonchev–Trinajstić information content (AvgIpc) is 2.76. The third-order valence-electron chi connectivity index (χ3n) is 3.64. The topological polar surface area (TPSA) is 104 Å². The molecule has 2 amide bonds. The minimum absolute atomic E-state index is 0.0248. The molecule has 0 spiro atoms. The van der Waals surface area contributed by atoms with E-state index in [-0.39, 0.29) is 36.2 Å². The molecule has 7 nitrogen and oxygen atoms in total. The Morgan fingerprint density at radius 2 is 2.05 bits per heavy atom. The normalized spacial score (nSPS) is 32.0. The first-order valence-corrected chi connectivity index (χ1v) is 8.29. The van der Waals surface area contributed by atoms with E-state index in [1.165, 1.54) is 4.90 Å². The largest absolute Gasteiger partial charge is 0.481 e. The standard InChI is InChI=1S/C12H18N2O5S/c1-8-7-20(18,19)5-4-14(8)12(17)13-10-3-2-9(6-10)11(15)16/h2-3,8-10H,4-7H2,1H3,(H,13,17)(H,15,16). The van der Waals surface area contributed by atoms with Crippen LogP contribution in [0.4, 0.5) is 4.79 Å². The Hall–Kier alpha value is -1.57. The van der Waals surface area contributed by atoms with Crippen LogP contribution in [-0.4, -0.2) is 60.6 Å². The molecular formula is C12H18N2O5S. The smallest absolute Gasteiger partial charge is 0.318 e. The van der Waals surface area contributed by atoms with Crippen LogP contribution in [-0.2, 0) is 14.6 Å². The van der Waals surface area contributed by atoms with E-state index >= 15 is 0 Å². The van der Waals surface area contributed by atoms with Crippen LogP contribution in [0.15, 0.2) is 12.2 Å². The second-order valence-corrected chi connectivity index (χ2v) is 7.51. The molecule has 20 heavy (non-hydrogen) atoms. The van der Waals surface area contributed by atoms with Gasteiger partial charge < -0.3 is 15.3 Å². The van der Waals surface area contributed by atoms with Crippen molar-refractivity contribution in [1.82, 2.24) is 10.2 Å². The maximum Gasteiger partial charge on any atom is 0.318 e. The van der Waals surface area contributed by atoms with Gasteiger partial charge in [-0.1, -0.05) is 12.2 Å². The summed E-state index contributed by atoms with van der Waals surface area (Å²) in [7, 11) is -3.06. The van der Waals surface area contributed by atoms with Crippen molar-refractivity contribution < 1.29 is 23.1 Å². The molecule has 1 aliphatic heterocycles. The summed E-state index contributed by atoms with van der Waals surface area (Å²) >= 11 is 0. The molecule has 2 rings (SSSR count). The highest BCUT2D eigenvalue weighted by atomic mass is 32.2. The van der Waals surface area contributed by atoms with Crippen molar-refractivity contribution in [3.8, 4) is 0 Å². The lowest BCUT2D eigenvalue weighted by molar-refractivity contribution is -0.140.